The van der Waals surface area contributed by atoms with E-state index in [1.165, 1.54) is 5.56 Å². The zero-order valence-electron chi connectivity index (χ0n) is 20.1. The van der Waals surface area contributed by atoms with Gasteiger partial charge in [-0.3, -0.25) is 9.88 Å². The fraction of sp³-hybridized carbons (Fsp3) is 0.345. The third-order valence-electron chi connectivity index (χ3n) is 6.48. The lowest BCUT2D eigenvalue weighted by atomic mass is 10.1. The molecule has 2 aromatic heterocycles. The third-order valence-corrected chi connectivity index (χ3v) is 6.48. The number of nitrogens with zero attached hydrogens (tertiary/aromatic N) is 2. The summed E-state index contributed by atoms with van der Waals surface area (Å²) in [5, 5.41) is 4.87. The van der Waals surface area contributed by atoms with Crippen LogP contribution in [0.5, 0.6) is 5.75 Å². The maximum Gasteiger partial charge on any atom is 0.120 e. The highest BCUT2D eigenvalue weighted by molar-refractivity contribution is 5.86. The van der Waals surface area contributed by atoms with Gasteiger partial charge in [-0.05, 0) is 60.7 Å². The Labute approximate surface area is 202 Å². The Morgan fingerprint density at radius 1 is 1.09 bits per heavy atom. The summed E-state index contributed by atoms with van der Waals surface area (Å²) in [6.07, 6.45) is 4.10. The molecule has 34 heavy (non-hydrogen) atoms. The second kappa shape index (κ2) is 10.3. The van der Waals surface area contributed by atoms with Crippen molar-refractivity contribution in [1.82, 2.24) is 14.9 Å². The Kier molecular flexibility index (Phi) is 6.82. The molecule has 0 amide bonds. The SMILES string of the molecule is CC(C)CCOc1ccc2[nH]c(-c3cc(NC4CCN(Cc5ccccc5)C4)ccn3)cc2c1. The van der Waals surface area contributed by atoms with E-state index in [-0.39, 0.29) is 0 Å². The van der Waals surface area contributed by atoms with E-state index in [2.05, 4.69) is 94.7 Å². The van der Waals surface area contributed by atoms with Gasteiger partial charge >= 0.3 is 0 Å². The third kappa shape index (κ3) is 5.60. The van der Waals surface area contributed by atoms with Gasteiger partial charge in [-0.1, -0.05) is 44.2 Å². The molecular weight excluding hydrogens is 420 g/mol. The first-order valence-electron chi connectivity index (χ1n) is 12.4. The van der Waals surface area contributed by atoms with E-state index in [1.54, 1.807) is 0 Å². The van der Waals surface area contributed by atoms with Crippen molar-refractivity contribution in [3.8, 4) is 17.1 Å². The van der Waals surface area contributed by atoms with Gasteiger partial charge in [0.25, 0.3) is 0 Å². The van der Waals surface area contributed by atoms with Crippen LogP contribution in [0, 0.1) is 5.92 Å². The van der Waals surface area contributed by atoms with Crippen LogP contribution in [0.1, 0.15) is 32.3 Å². The highest BCUT2D eigenvalue weighted by Gasteiger charge is 2.22. The van der Waals surface area contributed by atoms with Gasteiger partial charge in [0, 0.05) is 48.5 Å². The number of benzene rings is 2. The van der Waals surface area contributed by atoms with Crippen LogP contribution < -0.4 is 10.1 Å². The molecule has 1 aliphatic rings. The van der Waals surface area contributed by atoms with E-state index in [9.17, 15) is 0 Å². The summed E-state index contributed by atoms with van der Waals surface area (Å²) < 4.78 is 5.94. The molecule has 0 aliphatic carbocycles. The molecule has 1 saturated heterocycles. The van der Waals surface area contributed by atoms with E-state index in [0.29, 0.717) is 12.0 Å². The molecule has 1 unspecified atom stereocenters. The molecular formula is C29H34N4O. The fourth-order valence-corrected chi connectivity index (χ4v) is 4.59. The Hall–Kier alpha value is -3.31. The molecule has 4 aromatic rings. The van der Waals surface area contributed by atoms with Crippen LogP contribution in [-0.4, -0.2) is 40.6 Å². The molecule has 0 radical (unpaired) electrons. The van der Waals surface area contributed by atoms with Crippen LogP contribution in [-0.2, 0) is 6.54 Å². The second-order valence-corrected chi connectivity index (χ2v) is 9.74. The highest BCUT2D eigenvalue weighted by atomic mass is 16.5. The lowest BCUT2D eigenvalue weighted by Crippen LogP contribution is -2.25. The Balaban J connectivity index is 1.23. The minimum absolute atomic E-state index is 0.451. The van der Waals surface area contributed by atoms with Crippen molar-refractivity contribution in [3.05, 3.63) is 78.5 Å². The average Bonchev–Trinajstić information content (AvgIpc) is 3.46. The van der Waals surface area contributed by atoms with E-state index < -0.39 is 0 Å². The van der Waals surface area contributed by atoms with E-state index in [0.717, 1.165) is 72.8 Å². The van der Waals surface area contributed by atoms with E-state index >= 15 is 0 Å². The van der Waals surface area contributed by atoms with Crippen molar-refractivity contribution in [2.75, 3.05) is 25.0 Å². The number of H-pyrrole nitrogens is 1. The number of aromatic nitrogens is 2. The number of hydrogen-bond acceptors (Lipinski definition) is 4. The second-order valence-electron chi connectivity index (χ2n) is 9.74. The normalized spacial score (nSPS) is 16.4. The van der Waals surface area contributed by atoms with Crippen LogP contribution in [0.15, 0.2) is 72.9 Å². The fourth-order valence-electron chi connectivity index (χ4n) is 4.59. The molecule has 0 bridgehead atoms. The van der Waals surface area contributed by atoms with Crippen molar-refractivity contribution in [2.45, 2.75) is 39.3 Å². The molecule has 5 nitrogen and oxygen atoms in total. The monoisotopic (exact) mass is 454 g/mol. The minimum Gasteiger partial charge on any atom is -0.494 e. The zero-order chi connectivity index (χ0) is 23.3. The van der Waals surface area contributed by atoms with Crippen molar-refractivity contribution in [2.24, 2.45) is 5.92 Å². The topological polar surface area (TPSA) is 53.2 Å². The molecule has 0 spiro atoms. The van der Waals surface area contributed by atoms with Crippen molar-refractivity contribution < 1.29 is 4.74 Å². The lowest BCUT2D eigenvalue weighted by molar-refractivity contribution is 0.290. The predicted molar refractivity (Wildman–Crippen MR) is 140 cm³/mol. The van der Waals surface area contributed by atoms with Gasteiger partial charge < -0.3 is 15.0 Å². The van der Waals surface area contributed by atoms with Gasteiger partial charge in [-0.25, -0.2) is 0 Å². The predicted octanol–water partition coefficient (Wildman–Crippen LogP) is 6.34. The maximum absolute atomic E-state index is 5.94. The summed E-state index contributed by atoms with van der Waals surface area (Å²) in [6.45, 7) is 8.37. The van der Waals surface area contributed by atoms with Crippen LogP contribution in [0.25, 0.3) is 22.3 Å². The molecule has 3 heterocycles. The Morgan fingerprint density at radius 2 is 1.97 bits per heavy atom. The number of pyridine rings is 1. The maximum atomic E-state index is 5.94. The summed E-state index contributed by atoms with van der Waals surface area (Å²) in [5.74, 6) is 1.56. The summed E-state index contributed by atoms with van der Waals surface area (Å²) in [6, 6.07) is 23.8. The van der Waals surface area contributed by atoms with Gasteiger partial charge in [0.2, 0.25) is 0 Å². The van der Waals surface area contributed by atoms with Crippen LogP contribution in [0.3, 0.4) is 0 Å². The summed E-state index contributed by atoms with van der Waals surface area (Å²) in [5.41, 5.74) is 5.56. The Bertz CT molecular complexity index is 1220. The van der Waals surface area contributed by atoms with Gasteiger partial charge in [-0.2, -0.15) is 0 Å². The lowest BCUT2D eigenvalue weighted by Gasteiger charge is -2.17. The smallest absolute Gasteiger partial charge is 0.120 e. The first-order chi connectivity index (χ1) is 16.6. The van der Waals surface area contributed by atoms with Crippen molar-refractivity contribution in [3.63, 3.8) is 0 Å². The highest BCUT2D eigenvalue weighted by Crippen LogP contribution is 2.28. The molecule has 5 heteroatoms. The first-order valence-corrected chi connectivity index (χ1v) is 12.4. The molecule has 2 N–H and O–H groups in total. The van der Waals surface area contributed by atoms with Gasteiger partial charge in [-0.15, -0.1) is 0 Å². The van der Waals surface area contributed by atoms with E-state index in [4.69, 9.17) is 4.74 Å². The van der Waals surface area contributed by atoms with Crippen LogP contribution >= 0.6 is 0 Å². The zero-order valence-corrected chi connectivity index (χ0v) is 20.1. The summed E-state index contributed by atoms with van der Waals surface area (Å²) in [7, 11) is 0. The largest absolute Gasteiger partial charge is 0.494 e. The molecule has 1 fully saturated rings. The van der Waals surface area contributed by atoms with Crippen LogP contribution in [0.2, 0.25) is 0 Å². The Morgan fingerprint density at radius 3 is 2.82 bits per heavy atom. The number of aromatic amines is 1. The number of ether oxygens (including phenoxy) is 1. The number of fused-ring (bicyclic) bond motifs is 1. The first kappa shape index (κ1) is 22.5. The number of likely N-dealkylation sites (tertiary alicyclic amines) is 1. The van der Waals surface area contributed by atoms with Crippen LogP contribution in [0.4, 0.5) is 5.69 Å². The summed E-state index contributed by atoms with van der Waals surface area (Å²) >= 11 is 0. The summed E-state index contributed by atoms with van der Waals surface area (Å²) in [4.78, 5) is 10.7. The minimum atomic E-state index is 0.451. The van der Waals surface area contributed by atoms with Crippen molar-refractivity contribution >= 4 is 16.6 Å². The van der Waals surface area contributed by atoms with Crippen molar-refractivity contribution in [1.29, 1.82) is 0 Å². The van der Waals surface area contributed by atoms with Gasteiger partial charge in [0.1, 0.15) is 5.75 Å². The van der Waals surface area contributed by atoms with E-state index in [1.807, 2.05) is 12.3 Å². The molecule has 0 saturated carbocycles. The number of rotatable bonds is 9. The quantitative estimate of drug-likeness (QED) is 0.310. The number of anilines is 1. The number of nitrogens with one attached hydrogen (secondary N) is 2. The van der Waals surface area contributed by atoms with Gasteiger partial charge in [0.05, 0.1) is 18.0 Å². The standard InChI is InChI=1S/C29H34N4O/c1-21(2)12-15-34-26-8-9-27-23(16-26)17-29(32-27)28-18-24(10-13-30-28)31-25-11-14-33(20-25)19-22-6-4-3-5-7-22/h3-10,13,16-18,21,25,32H,11-12,14-15,19-20H2,1-2H3,(H,30,31). The molecule has 176 valence electrons. The average molecular weight is 455 g/mol. The van der Waals surface area contributed by atoms with Gasteiger partial charge in [0.15, 0.2) is 0 Å². The molecule has 1 aliphatic heterocycles. The molecule has 2 aromatic carbocycles. The number of hydrogen-bond donors (Lipinski definition) is 2. The molecule has 5 rings (SSSR count). The molecule has 1 atom stereocenters.